The molecule has 1 saturated heterocycles. The van der Waals surface area contributed by atoms with Crippen LogP contribution in [0.25, 0.3) is 0 Å². The maximum atomic E-state index is 13.4. The molecule has 0 aromatic carbocycles. The Hall–Kier alpha value is -2.55. The number of nitrogens with zero attached hydrogens (tertiary/aromatic N) is 5. The van der Waals surface area contributed by atoms with Crippen LogP contribution in [0.15, 0.2) is 0 Å². The summed E-state index contributed by atoms with van der Waals surface area (Å²) in [6.07, 6.45) is 3.57. The van der Waals surface area contributed by atoms with Crippen LogP contribution in [0.2, 0.25) is 0 Å². The molecule has 0 spiro atoms. The summed E-state index contributed by atoms with van der Waals surface area (Å²) in [5.41, 5.74) is 2.74. The molecule has 2 aromatic rings. The van der Waals surface area contributed by atoms with Crippen LogP contribution in [-0.2, 0) is 17.8 Å². The monoisotopic (exact) mass is 428 g/mol. The molecule has 0 unspecified atom stereocenters. The molecule has 4 heterocycles. The maximum absolute atomic E-state index is 13.4. The van der Waals surface area contributed by atoms with E-state index in [4.69, 9.17) is 9.97 Å². The number of thiazole rings is 1. The molecular weight excluding hydrogens is 400 g/mol. The molecule has 0 saturated carbocycles. The summed E-state index contributed by atoms with van der Waals surface area (Å²) in [4.78, 5) is 43.8. The van der Waals surface area contributed by atoms with Crippen molar-refractivity contribution in [2.24, 2.45) is 0 Å². The number of hydrogen-bond donors (Lipinski definition) is 1. The van der Waals surface area contributed by atoms with Gasteiger partial charge in [-0.05, 0) is 39.5 Å². The number of anilines is 1. The summed E-state index contributed by atoms with van der Waals surface area (Å²) in [6, 6.07) is -0.168. The van der Waals surface area contributed by atoms with Gasteiger partial charge >= 0.3 is 0 Å². The highest BCUT2D eigenvalue weighted by atomic mass is 32.1. The van der Waals surface area contributed by atoms with Crippen molar-refractivity contribution in [1.82, 2.24) is 24.8 Å². The third kappa shape index (κ3) is 3.78. The zero-order valence-electron chi connectivity index (χ0n) is 18.0. The minimum absolute atomic E-state index is 0.0143. The van der Waals surface area contributed by atoms with Gasteiger partial charge in [-0.1, -0.05) is 0 Å². The van der Waals surface area contributed by atoms with E-state index in [9.17, 15) is 9.59 Å². The number of piperidine rings is 1. The van der Waals surface area contributed by atoms with E-state index < -0.39 is 0 Å². The molecule has 2 aromatic heterocycles. The summed E-state index contributed by atoms with van der Waals surface area (Å²) in [5, 5.41) is 4.10. The van der Waals surface area contributed by atoms with Gasteiger partial charge in [0.1, 0.15) is 10.7 Å². The first-order valence-electron chi connectivity index (χ1n) is 10.5. The zero-order chi connectivity index (χ0) is 21.4. The van der Waals surface area contributed by atoms with E-state index in [-0.39, 0.29) is 17.9 Å². The lowest BCUT2D eigenvalue weighted by atomic mass is 9.99. The average molecular weight is 429 g/mol. The molecule has 30 heavy (non-hydrogen) atoms. The molecule has 2 aliphatic rings. The molecular formula is C21H28N6O2S. The second-order valence-corrected chi connectivity index (χ2v) is 9.16. The zero-order valence-corrected chi connectivity index (χ0v) is 18.8. The van der Waals surface area contributed by atoms with Crippen LogP contribution in [0.4, 0.5) is 5.82 Å². The second kappa shape index (κ2) is 8.29. The van der Waals surface area contributed by atoms with Gasteiger partial charge in [-0.15, -0.1) is 11.3 Å². The molecule has 2 amide bonds. The number of amides is 2. The van der Waals surface area contributed by atoms with Crippen molar-refractivity contribution in [3.05, 3.63) is 32.7 Å². The topological polar surface area (TPSA) is 91.3 Å². The molecule has 1 N–H and O–H groups in total. The first-order valence-corrected chi connectivity index (χ1v) is 11.3. The fraction of sp³-hybridized carbons (Fsp3) is 0.571. The van der Waals surface area contributed by atoms with Crippen LogP contribution >= 0.6 is 11.3 Å². The second-order valence-electron chi connectivity index (χ2n) is 7.95. The van der Waals surface area contributed by atoms with E-state index in [0.29, 0.717) is 30.3 Å². The lowest BCUT2D eigenvalue weighted by Gasteiger charge is -2.36. The van der Waals surface area contributed by atoms with Crippen molar-refractivity contribution in [2.45, 2.75) is 59.0 Å². The van der Waals surface area contributed by atoms with Gasteiger partial charge < -0.3 is 15.1 Å². The molecule has 0 bridgehead atoms. The minimum atomic E-state index is -0.168. The van der Waals surface area contributed by atoms with Gasteiger partial charge in [-0.3, -0.25) is 9.59 Å². The number of carbonyl (C=O) groups excluding carboxylic acids is 2. The molecule has 0 radical (unpaired) electrons. The Bertz CT molecular complexity index is 988. The van der Waals surface area contributed by atoms with Gasteiger partial charge in [0.05, 0.1) is 29.0 Å². The minimum Gasteiger partial charge on any atom is -0.373 e. The smallest absolute Gasteiger partial charge is 0.266 e. The first kappa shape index (κ1) is 20.7. The number of fused-ring (bicyclic) bond motifs is 1. The summed E-state index contributed by atoms with van der Waals surface area (Å²) >= 11 is 1.45. The Morgan fingerprint density at radius 2 is 1.93 bits per heavy atom. The summed E-state index contributed by atoms with van der Waals surface area (Å²) < 4.78 is 0. The van der Waals surface area contributed by atoms with E-state index >= 15 is 0 Å². The first-order chi connectivity index (χ1) is 14.4. The van der Waals surface area contributed by atoms with Crippen molar-refractivity contribution < 1.29 is 9.59 Å². The number of rotatable bonds is 3. The Balaban J connectivity index is 1.70. The Morgan fingerprint density at radius 3 is 2.60 bits per heavy atom. The Morgan fingerprint density at radius 1 is 1.13 bits per heavy atom. The fourth-order valence-corrected chi connectivity index (χ4v) is 5.25. The van der Waals surface area contributed by atoms with E-state index in [1.807, 2.05) is 30.7 Å². The van der Waals surface area contributed by atoms with Crippen molar-refractivity contribution in [1.29, 1.82) is 0 Å². The fourth-order valence-electron chi connectivity index (χ4n) is 4.38. The molecule has 1 fully saturated rings. The highest BCUT2D eigenvalue weighted by molar-refractivity contribution is 7.13. The highest BCUT2D eigenvalue weighted by Gasteiger charge is 2.34. The molecule has 9 heteroatoms. The van der Waals surface area contributed by atoms with E-state index in [0.717, 1.165) is 53.5 Å². The molecule has 160 valence electrons. The van der Waals surface area contributed by atoms with E-state index in [2.05, 4.69) is 10.3 Å². The van der Waals surface area contributed by atoms with Gasteiger partial charge in [-0.2, -0.15) is 0 Å². The molecule has 8 nitrogen and oxygen atoms in total. The van der Waals surface area contributed by atoms with Crippen molar-refractivity contribution in [2.75, 3.05) is 25.5 Å². The molecule has 0 aliphatic carbocycles. The Labute approximate surface area is 180 Å². The SMILES string of the molecule is CNc1nc([C@H]2CCCCN2C(=O)c2sc(C)nc2C)nc2c1CCN(C(C)=O)C2. The number of aryl methyl sites for hydroxylation is 2. The van der Waals surface area contributed by atoms with Gasteiger partial charge in [0.25, 0.3) is 5.91 Å². The number of likely N-dealkylation sites (tertiary alicyclic amines) is 1. The normalized spacial score (nSPS) is 18.9. The number of carbonyl (C=O) groups is 2. The molecule has 4 rings (SSSR count). The standard InChI is InChI=1S/C21H28N6O2S/c1-12-18(30-13(2)23-12)21(29)27-9-6-5-7-17(27)20-24-16-11-26(14(3)28)10-8-15(16)19(22-4)25-20/h17H,5-11H2,1-4H3,(H,22,24,25)/t17-/m1/s1. The van der Waals surface area contributed by atoms with E-state index in [1.54, 1.807) is 6.92 Å². The third-order valence-electron chi connectivity index (χ3n) is 5.92. The lowest BCUT2D eigenvalue weighted by molar-refractivity contribution is -0.129. The molecule has 1 atom stereocenters. The van der Waals surface area contributed by atoms with Crippen LogP contribution in [0.5, 0.6) is 0 Å². The van der Waals surface area contributed by atoms with Crippen molar-refractivity contribution >= 4 is 29.0 Å². The highest BCUT2D eigenvalue weighted by Crippen LogP contribution is 2.34. The maximum Gasteiger partial charge on any atom is 0.266 e. The Kier molecular flexibility index (Phi) is 5.73. The summed E-state index contributed by atoms with van der Waals surface area (Å²) in [7, 11) is 1.86. The quantitative estimate of drug-likeness (QED) is 0.808. The predicted octanol–water partition coefficient (Wildman–Crippen LogP) is 2.86. The van der Waals surface area contributed by atoms with Crippen LogP contribution in [0, 0.1) is 13.8 Å². The van der Waals surface area contributed by atoms with E-state index in [1.165, 1.54) is 11.3 Å². The van der Waals surface area contributed by atoms with Gasteiger partial charge in [0.2, 0.25) is 5.91 Å². The molecule has 2 aliphatic heterocycles. The van der Waals surface area contributed by atoms with Crippen molar-refractivity contribution in [3.8, 4) is 0 Å². The van der Waals surface area contributed by atoms with Gasteiger partial charge in [-0.25, -0.2) is 15.0 Å². The van der Waals surface area contributed by atoms with Gasteiger partial charge in [0.15, 0.2) is 5.82 Å². The summed E-state index contributed by atoms with van der Waals surface area (Å²) in [5.74, 6) is 1.54. The predicted molar refractivity (Wildman–Crippen MR) is 116 cm³/mol. The third-order valence-corrected chi connectivity index (χ3v) is 6.98. The summed E-state index contributed by atoms with van der Waals surface area (Å²) in [6.45, 7) is 7.26. The van der Waals surface area contributed by atoms with Crippen LogP contribution in [0.3, 0.4) is 0 Å². The van der Waals surface area contributed by atoms with Crippen LogP contribution in [-0.4, -0.2) is 56.7 Å². The van der Waals surface area contributed by atoms with Crippen LogP contribution in [0.1, 0.15) is 69.7 Å². The van der Waals surface area contributed by atoms with Gasteiger partial charge in [0, 0.05) is 32.6 Å². The number of aromatic nitrogens is 3. The van der Waals surface area contributed by atoms with Crippen molar-refractivity contribution in [3.63, 3.8) is 0 Å². The number of nitrogens with one attached hydrogen (secondary N) is 1. The lowest BCUT2D eigenvalue weighted by Crippen LogP contribution is -2.40. The number of hydrogen-bond acceptors (Lipinski definition) is 7. The average Bonchev–Trinajstić information content (AvgIpc) is 3.09. The van der Waals surface area contributed by atoms with Crippen LogP contribution < -0.4 is 5.32 Å². The largest absolute Gasteiger partial charge is 0.373 e.